The third kappa shape index (κ3) is 9.04. The van der Waals surface area contributed by atoms with Gasteiger partial charge in [-0.3, -0.25) is 4.79 Å². The van der Waals surface area contributed by atoms with Gasteiger partial charge in [-0.25, -0.2) is 4.79 Å². The van der Waals surface area contributed by atoms with Gasteiger partial charge in [-0.15, -0.1) is 5.12 Å². The highest BCUT2D eigenvalue weighted by Gasteiger charge is 2.19. The summed E-state index contributed by atoms with van der Waals surface area (Å²) in [5.41, 5.74) is 0.511. The molecule has 7 heteroatoms. The number of halogens is 2. The molecular formula is C19H28ClFN2O3. The maximum atomic E-state index is 12.0. The lowest BCUT2D eigenvalue weighted by atomic mass is 10.1. The summed E-state index contributed by atoms with van der Waals surface area (Å²) in [6.07, 6.45) is 2.73. The van der Waals surface area contributed by atoms with Crippen LogP contribution in [0.5, 0.6) is 0 Å². The molecule has 0 aliphatic carbocycles. The third-order valence-corrected chi connectivity index (χ3v) is 3.86. The molecule has 1 fully saturated rings. The van der Waals surface area contributed by atoms with Crippen molar-refractivity contribution >= 4 is 23.6 Å². The lowest BCUT2D eigenvalue weighted by Gasteiger charge is -2.20. The quantitative estimate of drug-likeness (QED) is 0.711. The van der Waals surface area contributed by atoms with Gasteiger partial charge < -0.3 is 9.64 Å². The van der Waals surface area contributed by atoms with Crippen LogP contribution in [0.1, 0.15) is 45.6 Å². The second kappa shape index (κ2) is 10.4. The van der Waals surface area contributed by atoms with Crippen LogP contribution in [-0.4, -0.2) is 47.8 Å². The maximum Gasteiger partial charge on any atom is 0.438 e. The molecule has 0 bridgehead atoms. The Labute approximate surface area is 160 Å². The molecule has 1 aromatic rings. The molecule has 0 atom stereocenters. The average molecular weight is 387 g/mol. The second-order valence-electron chi connectivity index (χ2n) is 7.18. The standard InChI is InChI=1S/C13H16ClNO.C6H12FNO2/c14-12-5-3-4-11(10-12)6-7-13(16)15-8-1-2-9-15;1-6(2,3)10-5(9)8(4)7/h3-5,10H,1-2,6-9H2;1-4H3. The van der Waals surface area contributed by atoms with E-state index in [9.17, 15) is 14.1 Å². The van der Waals surface area contributed by atoms with E-state index in [1.165, 1.54) is 0 Å². The lowest BCUT2D eigenvalue weighted by molar-refractivity contribution is -0.130. The van der Waals surface area contributed by atoms with E-state index in [0.717, 1.165) is 50.0 Å². The van der Waals surface area contributed by atoms with Crippen molar-refractivity contribution in [2.75, 3.05) is 20.1 Å². The van der Waals surface area contributed by atoms with E-state index in [1.807, 2.05) is 29.2 Å². The minimum absolute atomic E-state index is 0.0920. The van der Waals surface area contributed by atoms with Gasteiger partial charge in [0.15, 0.2) is 0 Å². The van der Waals surface area contributed by atoms with Crippen LogP contribution in [0.4, 0.5) is 9.28 Å². The monoisotopic (exact) mass is 386 g/mol. The Hall–Kier alpha value is -1.82. The normalized spacial score (nSPS) is 13.7. The number of carbonyl (C=O) groups is 2. The Morgan fingerprint density at radius 2 is 1.88 bits per heavy atom. The fourth-order valence-electron chi connectivity index (χ4n) is 2.39. The van der Waals surface area contributed by atoms with Crippen molar-refractivity contribution in [2.45, 2.75) is 52.1 Å². The molecule has 0 saturated carbocycles. The predicted molar refractivity (Wildman–Crippen MR) is 101 cm³/mol. The Kier molecular flexibility index (Phi) is 8.85. The molecule has 1 aliphatic rings. The molecule has 0 spiro atoms. The smallest absolute Gasteiger partial charge is 0.438 e. The largest absolute Gasteiger partial charge is 0.442 e. The zero-order valence-electron chi connectivity index (χ0n) is 15.9. The van der Waals surface area contributed by atoms with Crippen LogP contribution < -0.4 is 0 Å². The number of hydrogen-bond acceptors (Lipinski definition) is 3. The second-order valence-corrected chi connectivity index (χ2v) is 7.61. The van der Waals surface area contributed by atoms with E-state index in [-0.39, 0.29) is 11.0 Å². The van der Waals surface area contributed by atoms with Gasteiger partial charge in [0.25, 0.3) is 0 Å². The Morgan fingerprint density at radius 3 is 2.35 bits per heavy atom. The number of benzene rings is 1. The summed E-state index contributed by atoms with van der Waals surface area (Å²) in [6, 6.07) is 7.73. The average Bonchev–Trinajstić information content (AvgIpc) is 3.06. The molecule has 1 aliphatic heterocycles. The predicted octanol–water partition coefficient (Wildman–Crippen LogP) is 4.63. The Balaban J connectivity index is 0.000000294. The molecule has 26 heavy (non-hydrogen) atoms. The SMILES string of the molecule is CN(F)C(=O)OC(C)(C)C.O=C(CCc1cccc(Cl)c1)N1CCCC1. The number of carbonyl (C=O) groups excluding carboxylic acids is 2. The van der Waals surface area contributed by atoms with Crippen molar-refractivity contribution < 1.29 is 18.8 Å². The third-order valence-electron chi connectivity index (χ3n) is 3.62. The summed E-state index contributed by atoms with van der Waals surface area (Å²) in [4.78, 5) is 24.2. The summed E-state index contributed by atoms with van der Waals surface area (Å²) < 4.78 is 16.6. The van der Waals surface area contributed by atoms with Crippen molar-refractivity contribution in [1.29, 1.82) is 0 Å². The Bertz CT molecular complexity index is 597. The van der Waals surface area contributed by atoms with Gasteiger partial charge in [0.1, 0.15) is 5.60 Å². The minimum atomic E-state index is -0.965. The van der Waals surface area contributed by atoms with Gasteiger partial charge in [0, 0.05) is 31.6 Å². The molecule has 1 saturated heterocycles. The number of ether oxygens (including phenoxy) is 1. The summed E-state index contributed by atoms with van der Waals surface area (Å²) in [7, 11) is 0.994. The summed E-state index contributed by atoms with van der Waals surface area (Å²) >= 11 is 5.89. The van der Waals surface area contributed by atoms with E-state index >= 15 is 0 Å². The van der Waals surface area contributed by atoms with Crippen LogP contribution in [0, 0.1) is 0 Å². The molecule has 0 unspecified atom stereocenters. The van der Waals surface area contributed by atoms with Crippen LogP contribution in [0.25, 0.3) is 0 Å². The zero-order valence-corrected chi connectivity index (χ0v) is 16.7. The van der Waals surface area contributed by atoms with E-state index in [4.69, 9.17) is 11.6 Å². The molecule has 0 aromatic heterocycles. The highest BCUT2D eigenvalue weighted by molar-refractivity contribution is 6.30. The van der Waals surface area contributed by atoms with Crippen LogP contribution in [0.15, 0.2) is 24.3 Å². The van der Waals surface area contributed by atoms with Gasteiger partial charge in [0.2, 0.25) is 5.91 Å². The highest BCUT2D eigenvalue weighted by Crippen LogP contribution is 2.14. The van der Waals surface area contributed by atoms with Gasteiger partial charge in [-0.1, -0.05) is 28.2 Å². The molecule has 1 aromatic carbocycles. The molecule has 0 radical (unpaired) electrons. The van der Waals surface area contributed by atoms with Gasteiger partial charge in [-0.05, 0) is 57.7 Å². The van der Waals surface area contributed by atoms with Gasteiger partial charge >= 0.3 is 6.09 Å². The first-order valence-electron chi connectivity index (χ1n) is 8.73. The molecular weight excluding hydrogens is 359 g/mol. The first-order valence-corrected chi connectivity index (χ1v) is 9.11. The Morgan fingerprint density at radius 1 is 1.27 bits per heavy atom. The molecule has 0 N–H and O–H groups in total. The first kappa shape index (κ1) is 22.2. The van der Waals surface area contributed by atoms with Crippen LogP contribution in [0.3, 0.4) is 0 Å². The number of nitrogens with zero attached hydrogens (tertiary/aromatic N) is 2. The summed E-state index contributed by atoms with van der Waals surface area (Å²) in [6.45, 7) is 6.90. The van der Waals surface area contributed by atoms with Crippen molar-refractivity contribution in [3.8, 4) is 0 Å². The van der Waals surface area contributed by atoms with Crippen LogP contribution in [-0.2, 0) is 16.0 Å². The number of amides is 2. The van der Waals surface area contributed by atoms with Gasteiger partial charge in [0.05, 0.1) is 0 Å². The van der Waals surface area contributed by atoms with Crippen molar-refractivity contribution in [1.82, 2.24) is 10.0 Å². The van der Waals surface area contributed by atoms with Crippen LogP contribution >= 0.6 is 11.6 Å². The number of hydrogen-bond donors (Lipinski definition) is 0. The lowest BCUT2D eigenvalue weighted by Crippen LogP contribution is -2.29. The molecule has 146 valence electrons. The molecule has 2 rings (SSSR count). The fourth-order valence-corrected chi connectivity index (χ4v) is 2.61. The number of aryl methyl sites for hydroxylation is 1. The van der Waals surface area contributed by atoms with Crippen molar-refractivity contribution in [3.63, 3.8) is 0 Å². The van der Waals surface area contributed by atoms with Crippen molar-refractivity contribution in [2.24, 2.45) is 0 Å². The van der Waals surface area contributed by atoms with Crippen molar-refractivity contribution in [3.05, 3.63) is 34.9 Å². The minimum Gasteiger partial charge on any atom is -0.442 e. The van der Waals surface area contributed by atoms with Gasteiger partial charge in [-0.2, -0.15) is 0 Å². The van der Waals surface area contributed by atoms with E-state index in [0.29, 0.717) is 6.42 Å². The van der Waals surface area contributed by atoms with E-state index in [1.54, 1.807) is 20.8 Å². The molecule has 1 heterocycles. The topological polar surface area (TPSA) is 49.9 Å². The fraction of sp³-hybridized carbons (Fsp3) is 0.579. The van der Waals surface area contributed by atoms with E-state index < -0.39 is 11.7 Å². The number of rotatable bonds is 3. The molecule has 2 amide bonds. The molecule has 5 nitrogen and oxygen atoms in total. The summed E-state index contributed by atoms with van der Waals surface area (Å²) in [5, 5.41) is 0.650. The zero-order chi connectivity index (χ0) is 19.7. The first-order chi connectivity index (χ1) is 12.1. The summed E-state index contributed by atoms with van der Waals surface area (Å²) in [5.74, 6) is 0.275. The maximum absolute atomic E-state index is 12.0. The number of likely N-dealkylation sites (tertiary alicyclic amines) is 1. The van der Waals surface area contributed by atoms with Crippen LogP contribution in [0.2, 0.25) is 5.02 Å². The highest BCUT2D eigenvalue weighted by atomic mass is 35.5. The van der Waals surface area contributed by atoms with E-state index in [2.05, 4.69) is 4.74 Å².